The summed E-state index contributed by atoms with van der Waals surface area (Å²) in [6.07, 6.45) is 2.03. The molecule has 0 rings (SSSR count). The molecule has 0 spiro atoms. The van der Waals surface area contributed by atoms with Crippen LogP contribution in [0.25, 0.3) is 0 Å². The van der Waals surface area contributed by atoms with E-state index in [-0.39, 0.29) is 5.92 Å². The molecule has 0 aliphatic carbocycles. The highest BCUT2D eigenvalue weighted by molar-refractivity contribution is 6.67. The van der Waals surface area contributed by atoms with Crippen LogP contribution in [0, 0.1) is 5.92 Å². The molecule has 2 N–H and O–H groups in total. The Hall–Kier alpha value is -0.650. The van der Waals surface area contributed by atoms with Gasteiger partial charge in [-0.15, -0.1) is 0 Å². The summed E-state index contributed by atoms with van der Waals surface area (Å²) in [5.74, 6) is -1.05. The highest BCUT2D eigenvalue weighted by atomic mass is 35.6. The fourth-order valence-electron chi connectivity index (χ4n) is 0.842. The van der Waals surface area contributed by atoms with Crippen LogP contribution in [0.4, 0.5) is 4.79 Å². The van der Waals surface area contributed by atoms with E-state index in [9.17, 15) is 9.59 Å². The third kappa shape index (κ3) is 9.39. The summed E-state index contributed by atoms with van der Waals surface area (Å²) >= 11 is 16.1. The van der Waals surface area contributed by atoms with Crippen LogP contribution >= 0.6 is 34.8 Å². The molecule has 0 unspecified atom stereocenters. The van der Waals surface area contributed by atoms with Crippen LogP contribution in [0.5, 0.6) is 0 Å². The number of aliphatic carboxylic acids is 1. The van der Waals surface area contributed by atoms with Gasteiger partial charge in [-0.05, 0) is 5.92 Å². The molecule has 0 saturated heterocycles. The van der Waals surface area contributed by atoms with Crippen molar-refractivity contribution in [3.8, 4) is 0 Å². The van der Waals surface area contributed by atoms with Gasteiger partial charge in [-0.25, -0.2) is 9.59 Å². The van der Waals surface area contributed by atoms with Crippen LogP contribution in [-0.4, -0.2) is 33.6 Å². The first-order valence-electron chi connectivity index (χ1n) is 5.03. The van der Waals surface area contributed by atoms with E-state index in [0.29, 0.717) is 0 Å². The van der Waals surface area contributed by atoms with Gasteiger partial charge in [0.2, 0.25) is 3.79 Å². The van der Waals surface area contributed by atoms with Gasteiger partial charge in [0, 0.05) is 0 Å². The number of hydrogen-bond donors (Lipinski definition) is 2. The van der Waals surface area contributed by atoms with Gasteiger partial charge in [-0.3, -0.25) is 0 Å². The van der Waals surface area contributed by atoms with Crippen LogP contribution in [0.15, 0.2) is 12.2 Å². The van der Waals surface area contributed by atoms with Gasteiger partial charge in [0.1, 0.15) is 12.6 Å². The number of carboxylic acid groups (broad SMARTS) is 1. The number of ether oxygens (including phenoxy) is 1. The van der Waals surface area contributed by atoms with Gasteiger partial charge in [0.25, 0.3) is 0 Å². The van der Waals surface area contributed by atoms with Crippen molar-refractivity contribution in [1.29, 1.82) is 0 Å². The van der Waals surface area contributed by atoms with Crippen LogP contribution in [-0.2, 0) is 9.53 Å². The fraction of sp³-hybridized carbons (Fsp3) is 0.600. The molecule has 0 saturated carbocycles. The second-order valence-corrected chi connectivity index (χ2v) is 6.30. The normalized spacial score (nSPS) is 13.7. The third-order valence-corrected chi connectivity index (χ3v) is 1.92. The Morgan fingerprint density at radius 1 is 1.33 bits per heavy atom. The van der Waals surface area contributed by atoms with Crippen LogP contribution in [0.1, 0.15) is 13.8 Å². The lowest BCUT2D eigenvalue weighted by Crippen LogP contribution is -2.40. The Morgan fingerprint density at radius 3 is 2.28 bits per heavy atom. The zero-order valence-electron chi connectivity index (χ0n) is 9.82. The number of hydrogen-bond acceptors (Lipinski definition) is 3. The number of amides is 1. The Balaban J connectivity index is 4.34. The average molecular weight is 319 g/mol. The van der Waals surface area contributed by atoms with Gasteiger partial charge >= 0.3 is 12.1 Å². The standard InChI is InChI=1S/C10H14Cl3NO4/c1-6(2)3-4-7(8(15)16)14-9(17)18-5-10(11,12)13/h3-4,6-7H,5H2,1-2H3,(H,14,17)(H,15,16)/b4-3+/t7-/m1/s1. The van der Waals surface area contributed by atoms with Gasteiger partial charge in [-0.2, -0.15) is 0 Å². The predicted octanol–water partition coefficient (Wildman–Crippen LogP) is 2.75. The van der Waals surface area contributed by atoms with Gasteiger partial charge in [0.05, 0.1) is 0 Å². The van der Waals surface area contributed by atoms with E-state index < -0.39 is 28.5 Å². The number of allylic oxidation sites excluding steroid dienone is 1. The maximum absolute atomic E-state index is 11.2. The number of alkyl carbamates (subject to hydrolysis) is 1. The van der Waals surface area contributed by atoms with E-state index in [0.717, 1.165) is 0 Å². The lowest BCUT2D eigenvalue weighted by molar-refractivity contribution is -0.138. The molecule has 0 fully saturated rings. The van der Waals surface area contributed by atoms with E-state index >= 15 is 0 Å². The monoisotopic (exact) mass is 317 g/mol. The lowest BCUT2D eigenvalue weighted by atomic mass is 10.1. The summed E-state index contributed by atoms with van der Waals surface area (Å²) < 4.78 is 2.82. The number of rotatable bonds is 5. The maximum atomic E-state index is 11.2. The molecule has 0 aliphatic heterocycles. The van der Waals surface area contributed by atoms with Crippen molar-refractivity contribution >= 4 is 46.9 Å². The first-order chi connectivity index (χ1) is 8.11. The average Bonchev–Trinajstić information content (AvgIpc) is 2.19. The van der Waals surface area contributed by atoms with Crippen molar-refractivity contribution in [3.63, 3.8) is 0 Å². The molecular formula is C10H14Cl3NO4. The molecule has 0 aromatic carbocycles. The van der Waals surface area contributed by atoms with E-state index in [4.69, 9.17) is 39.9 Å². The van der Waals surface area contributed by atoms with E-state index in [1.165, 1.54) is 6.08 Å². The Bertz CT molecular complexity index is 326. The summed E-state index contributed by atoms with van der Waals surface area (Å²) in [6, 6.07) is -1.18. The third-order valence-electron chi connectivity index (χ3n) is 1.59. The van der Waals surface area contributed by atoms with Gasteiger partial charge in [0.15, 0.2) is 0 Å². The molecule has 104 valence electrons. The molecule has 0 aliphatic rings. The molecule has 18 heavy (non-hydrogen) atoms. The predicted molar refractivity (Wildman–Crippen MR) is 70.2 cm³/mol. The quantitative estimate of drug-likeness (QED) is 0.604. The molecule has 1 amide bonds. The highest BCUT2D eigenvalue weighted by Crippen LogP contribution is 2.25. The zero-order valence-corrected chi connectivity index (χ0v) is 12.1. The highest BCUT2D eigenvalue weighted by Gasteiger charge is 2.24. The Morgan fingerprint density at radius 2 is 1.89 bits per heavy atom. The summed E-state index contributed by atoms with van der Waals surface area (Å²) in [7, 11) is 0. The second kappa shape index (κ2) is 7.71. The number of nitrogens with one attached hydrogen (secondary N) is 1. The fourth-order valence-corrected chi connectivity index (χ4v) is 1.01. The minimum atomic E-state index is -1.73. The van der Waals surface area contributed by atoms with Crippen LogP contribution < -0.4 is 5.32 Å². The van der Waals surface area contributed by atoms with Crippen molar-refractivity contribution in [2.24, 2.45) is 5.92 Å². The summed E-state index contributed by atoms with van der Waals surface area (Å²) in [6.45, 7) is 3.27. The molecule has 0 bridgehead atoms. The van der Waals surface area contributed by atoms with Gasteiger partial charge in [-0.1, -0.05) is 60.8 Å². The lowest BCUT2D eigenvalue weighted by Gasteiger charge is -2.14. The van der Waals surface area contributed by atoms with Crippen molar-refractivity contribution in [2.75, 3.05) is 6.61 Å². The molecule has 0 aromatic rings. The summed E-state index contributed by atoms with van der Waals surface area (Å²) in [5, 5.41) is 11.0. The molecular weight excluding hydrogens is 304 g/mol. The summed E-state index contributed by atoms with van der Waals surface area (Å²) in [5.41, 5.74) is 0. The molecule has 8 heteroatoms. The number of carbonyl (C=O) groups is 2. The number of halogens is 3. The minimum absolute atomic E-state index is 0.158. The zero-order chi connectivity index (χ0) is 14.3. The summed E-state index contributed by atoms with van der Waals surface area (Å²) in [4.78, 5) is 22.1. The van der Waals surface area contributed by atoms with Crippen molar-refractivity contribution < 1.29 is 19.4 Å². The number of alkyl halides is 3. The molecule has 0 radical (unpaired) electrons. The van der Waals surface area contributed by atoms with Crippen molar-refractivity contribution in [1.82, 2.24) is 5.32 Å². The number of carbonyl (C=O) groups excluding carboxylic acids is 1. The van der Waals surface area contributed by atoms with E-state index in [1.54, 1.807) is 6.08 Å². The first kappa shape index (κ1) is 17.4. The van der Waals surface area contributed by atoms with Crippen molar-refractivity contribution in [2.45, 2.75) is 23.7 Å². The Labute approximate surface area is 120 Å². The van der Waals surface area contributed by atoms with E-state index in [1.807, 2.05) is 13.8 Å². The van der Waals surface area contributed by atoms with Crippen molar-refractivity contribution in [3.05, 3.63) is 12.2 Å². The molecule has 0 heterocycles. The largest absolute Gasteiger partial charge is 0.479 e. The number of carboxylic acids is 1. The Kier molecular flexibility index (Phi) is 7.43. The van der Waals surface area contributed by atoms with Crippen LogP contribution in [0.2, 0.25) is 0 Å². The van der Waals surface area contributed by atoms with Crippen LogP contribution in [0.3, 0.4) is 0 Å². The van der Waals surface area contributed by atoms with E-state index in [2.05, 4.69) is 10.1 Å². The second-order valence-electron chi connectivity index (χ2n) is 3.78. The molecule has 5 nitrogen and oxygen atoms in total. The topological polar surface area (TPSA) is 75.6 Å². The molecule has 1 atom stereocenters. The first-order valence-corrected chi connectivity index (χ1v) is 6.16. The minimum Gasteiger partial charge on any atom is -0.479 e. The van der Waals surface area contributed by atoms with Gasteiger partial charge < -0.3 is 15.2 Å². The maximum Gasteiger partial charge on any atom is 0.408 e. The smallest absolute Gasteiger partial charge is 0.408 e. The molecule has 0 aromatic heterocycles. The SMILES string of the molecule is CC(C)/C=C/[C@@H](NC(=O)OCC(Cl)(Cl)Cl)C(=O)O.